The third-order valence-electron chi connectivity index (χ3n) is 13.1. The van der Waals surface area contributed by atoms with E-state index >= 15 is 0 Å². The van der Waals surface area contributed by atoms with Crippen LogP contribution in [0.25, 0.3) is 22.3 Å². The lowest BCUT2D eigenvalue weighted by Gasteiger charge is -2.39. The number of ether oxygens (including phenoxy) is 2. The number of aromatic nitrogens is 3. The molecule has 3 aromatic heterocycles. The van der Waals surface area contributed by atoms with Crippen molar-refractivity contribution in [3.8, 4) is 23.2 Å². The number of nitrogens with one attached hydrogen (secondary N) is 2. The van der Waals surface area contributed by atoms with Gasteiger partial charge in [0.25, 0.3) is 11.8 Å². The van der Waals surface area contributed by atoms with Gasteiger partial charge in [-0.25, -0.2) is 14.6 Å². The van der Waals surface area contributed by atoms with E-state index in [1.54, 1.807) is 18.3 Å². The van der Waals surface area contributed by atoms with Gasteiger partial charge in [0.05, 0.1) is 36.3 Å². The van der Waals surface area contributed by atoms with E-state index in [9.17, 15) is 19.2 Å². The number of pyridine rings is 2. The number of carbonyl (C=O) groups is 4. The molecule has 4 aliphatic rings. The number of halogens is 1. The van der Waals surface area contributed by atoms with E-state index < -0.39 is 17.0 Å². The van der Waals surface area contributed by atoms with Gasteiger partial charge in [-0.2, -0.15) is 0 Å². The molecule has 5 aromatic rings. The molecule has 65 heavy (non-hydrogen) atoms. The summed E-state index contributed by atoms with van der Waals surface area (Å²) in [5.74, 6) is 6.18. The van der Waals surface area contributed by atoms with Gasteiger partial charge in [0, 0.05) is 47.4 Å². The summed E-state index contributed by atoms with van der Waals surface area (Å²) in [7, 11) is 4.73. The van der Waals surface area contributed by atoms with E-state index in [-0.39, 0.29) is 25.2 Å². The van der Waals surface area contributed by atoms with Gasteiger partial charge < -0.3 is 30.4 Å². The summed E-state index contributed by atoms with van der Waals surface area (Å²) < 4.78 is 11.8. The van der Waals surface area contributed by atoms with Crippen LogP contribution in [0.3, 0.4) is 0 Å². The zero-order valence-corrected chi connectivity index (χ0v) is 37.6. The molecule has 2 aromatic carbocycles. The fraction of sp³-hybridized carbons (Fsp3) is 0.423. The number of carbonyl (C=O) groups excluding carboxylic acids is 4. The van der Waals surface area contributed by atoms with E-state index in [1.807, 2.05) is 55.7 Å². The molecule has 4 aliphatic carbocycles. The van der Waals surface area contributed by atoms with Crippen LogP contribution in [0.2, 0.25) is 5.02 Å². The second-order valence-corrected chi connectivity index (χ2v) is 17.6. The molecular weight excluding hydrogens is 840 g/mol. The van der Waals surface area contributed by atoms with Gasteiger partial charge in [0.1, 0.15) is 16.8 Å². The Labute approximate surface area is 387 Å². The molecule has 342 valence electrons. The first-order valence-corrected chi connectivity index (χ1v) is 22.7. The smallest absolute Gasteiger partial charge is 0.331 e. The van der Waals surface area contributed by atoms with E-state index in [2.05, 4.69) is 49.1 Å². The molecular formula is C52H61ClN6O6. The molecule has 0 bridgehead atoms. The predicted molar refractivity (Wildman–Crippen MR) is 255 cm³/mol. The van der Waals surface area contributed by atoms with Gasteiger partial charge in [-0.1, -0.05) is 68.8 Å². The number of nitrogens with zero attached hydrogens (tertiary/aromatic N) is 3. The first kappa shape index (κ1) is 48.3. The van der Waals surface area contributed by atoms with Crippen molar-refractivity contribution in [1.82, 2.24) is 25.2 Å². The number of nitrogens with two attached hydrogens (primary N) is 1. The van der Waals surface area contributed by atoms with Crippen LogP contribution >= 0.6 is 11.6 Å². The summed E-state index contributed by atoms with van der Waals surface area (Å²) >= 11 is 5.80. The Morgan fingerprint density at radius 1 is 0.738 bits per heavy atom. The van der Waals surface area contributed by atoms with E-state index in [4.69, 9.17) is 26.8 Å². The van der Waals surface area contributed by atoms with Crippen molar-refractivity contribution in [1.29, 1.82) is 0 Å². The van der Waals surface area contributed by atoms with Gasteiger partial charge in [-0.15, -0.1) is 0 Å². The maximum Gasteiger partial charge on any atom is 0.331 e. The van der Waals surface area contributed by atoms with Crippen LogP contribution in [-0.4, -0.2) is 63.6 Å². The molecule has 2 amide bonds. The number of rotatable bonds is 8. The fourth-order valence-electron chi connectivity index (χ4n) is 9.21. The zero-order chi connectivity index (χ0) is 45.3. The molecule has 0 radical (unpaired) electrons. The summed E-state index contributed by atoms with van der Waals surface area (Å²) in [5.41, 5.74) is 10.5. The lowest BCUT2D eigenvalue weighted by molar-refractivity contribution is -0.152. The third kappa shape index (κ3) is 10.9. The number of hydrogen-bond acceptors (Lipinski definition) is 9. The van der Waals surface area contributed by atoms with Crippen molar-refractivity contribution in [3.63, 3.8) is 0 Å². The van der Waals surface area contributed by atoms with Crippen LogP contribution in [0, 0.1) is 17.8 Å². The average molecular weight is 902 g/mol. The minimum absolute atomic E-state index is 0. The Bertz CT molecular complexity index is 2530. The molecule has 9 rings (SSSR count). The summed E-state index contributed by atoms with van der Waals surface area (Å²) in [6.07, 6.45) is 18.0. The molecule has 12 nitrogen and oxygen atoms in total. The highest BCUT2D eigenvalue weighted by molar-refractivity contribution is 6.33. The summed E-state index contributed by atoms with van der Waals surface area (Å²) in [5, 5.41) is 7.26. The SMILES string of the molecule is C.C(#CC1CCCC1)c1ccccn1.COC(=O)C1(NC(=O)c2ccc(Cl)c(N)c2)CCC1.COC(=O)C1(NC(=O)c2ccc3c(C4CCCC4)c(-c4ccccn4)n(C)c3c2)CCC1. The Morgan fingerprint density at radius 2 is 1.29 bits per heavy atom. The monoisotopic (exact) mass is 900 g/mol. The minimum Gasteiger partial charge on any atom is -0.467 e. The van der Waals surface area contributed by atoms with Crippen molar-refractivity contribution < 1.29 is 28.7 Å². The van der Waals surface area contributed by atoms with Gasteiger partial charge in [0.15, 0.2) is 0 Å². The minimum atomic E-state index is -0.889. The number of aryl methyl sites for hydroxylation is 1. The number of benzene rings is 2. The first-order valence-electron chi connectivity index (χ1n) is 22.3. The van der Waals surface area contributed by atoms with E-state index in [0.717, 1.165) is 35.4 Å². The summed E-state index contributed by atoms with van der Waals surface area (Å²) in [4.78, 5) is 58.0. The molecule has 4 fully saturated rings. The first-order chi connectivity index (χ1) is 31.0. The number of amides is 2. The molecule has 0 aliphatic heterocycles. The largest absolute Gasteiger partial charge is 0.467 e. The third-order valence-corrected chi connectivity index (χ3v) is 13.5. The van der Waals surface area contributed by atoms with Gasteiger partial charge in [-0.3, -0.25) is 14.6 Å². The highest BCUT2D eigenvalue weighted by atomic mass is 35.5. The molecule has 4 saturated carbocycles. The Balaban J connectivity index is 0.000000179. The van der Waals surface area contributed by atoms with Crippen LogP contribution in [0.5, 0.6) is 0 Å². The summed E-state index contributed by atoms with van der Waals surface area (Å²) in [6.45, 7) is 0. The number of esters is 2. The van der Waals surface area contributed by atoms with Crippen LogP contribution in [0.15, 0.2) is 85.2 Å². The summed E-state index contributed by atoms with van der Waals surface area (Å²) in [6, 6.07) is 22.3. The number of methoxy groups -OCH3 is 2. The van der Waals surface area contributed by atoms with Crippen molar-refractivity contribution in [2.45, 2.75) is 114 Å². The van der Waals surface area contributed by atoms with Crippen LogP contribution in [0.1, 0.15) is 135 Å². The molecule has 13 heteroatoms. The maximum absolute atomic E-state index is 13.1. The second kappa shape index (κ2) is 21.7. The average Bonchev–Trinajstić information content (AvgIpc) is 4.09. The highest BCUT2D eigenvalue weighted by Gasteiger charge is 2.47. The van der Waals surface area contributed by atoms with E-state index in [1.165, 1.54) is 82.6 Å². The molecule has 3 heterocycles. The highest BCUT2D eigenvalue weighted by Crippen LogP contribution is 2.44. The second-order valence-electron chi connectivity index (χ2n) is 17.2. The van der Waals surface area contributed by atoms with Gasteiger partial charge in [-0.05, 0) is 136 Å². The standard InChI is InChI=1S/C26H29N3O3.C13H15ClN2O3.C12H13N.CH4/c1-29-21-16-18(24(30)28-26(13-7-14-26)25(31)32-2)11-12-19(21)22(17-8-3-4-9-17)23(29)20-10-5-6-15-27-20;1-19-12(18)13(5-2-6-13)16-11(17)8-3-4-9(14)10(15)7-8;1-2-6-11(5-1)8-9-12-7-3-4-10-13-12;/h5-6,10-12,15-17H,3-4,7-9,13-14H2,1-2H3,(H,28,30);3-4,7H,2,5-6,15H2,1H3,(H,16,17);3-4,7,10-11H,1-2,5-6H2;1H4. The predicted octanol–water partition coefficient (Wildman–Crippen LogP) is 9.73. The van der Waals surface area contributed by atoms with Gasteiger partial charge in [0.2, 0.25) is 0 Å². The molecule has 0 unspecified atom stereocenters. The van der Waals surface area contributed by atoms with Crippen LogP contribution in [0.4, 0.5) is 5.69 Å². The van der Waals surface area contributed by atoms with Crippen molar-refractivity contribution in [2.24, 2.45) is 13.0 Å². The number of nitrogen functional groups attached to an aromatic ring is 1. The zero-order valence-electron chi connectivity index (χ0n) is 36.9. The van der Waals surface area contributed by atoms with Crippen molar-refractivity contribution >= 4 is 51.9 Å². The van der Waals surface area contributed by atoms with Gasteiger partial charge >= 0.3 is 11.9 Å². The van der Waals surface area contributed by atoms with Crippen LogP contribution < -0.4 is 16.4 Å². The Morgan fingerprint density at radius 3 is 1.80 bits per heavy atom. The number of anilines is 1. The topological polar surface area (TPSA) is 168 Å². The number of hydrogen-bond donors (Lipinski definition) is 3. The molecule has 0 atom stereocenters. The normalized spacial score (nSPS) is 16.9. The van der Waals surface area contributed by atoms with E-state index in [0.29, 0.717) is 59.4 Å². The quantitative estimate of drug-likeness (QED) is 0.0780. The lowest BCUT2D eigenvalue weighted by atomic mass is 9.76. The van der Waals surface area contributed by atoms with Crippen molar-refractivity contribution in [3.05, 3.63) is 113 Å². The fourth-order valence-corrected chi connectivity index (χ4v) is 9.32. The van der Waals surface area contributed by atoms with Crippen molar-refractivity contribution in [2.75, 3.05) is 20.0 Å². The molecule has 4 N–H and O–H groups in total. The Kier molecular flexibility index (Phi) is 16.1. The van der Waals surface area contributed by atoms with Crippen LogP contribution in [-0.2, 0) is 26.1 Å². The number of fused-ring (bicyclic) bond motifs is 1. The lowest BCUT2D eigenvalue weighted by Crippen LogP contribution is -2.59. The molecule has 0 saturated heterocycles. The maximum atomic E-state index is 13.1. The Hall–Kier alpha value is -6.19. The molecule has 0 spiro atoms.